The lowest BCUT2D eigenvalue weighted by Crippen LogP contribution is -1.98. The fourth-order valence-electron chi connectivity index (χ4n) is 1.76. The summed E-state index contributed by atoms with van der Waals surface area (Å²) in [7, 11) is 0. The molecule has 1 aromatic rings. The zero-order valence-corrected chi connectivity index (χ0v) is 11.6. The minimum atomic E-state index is -0.211. The molecule has 0 aliphatic rings. The number of unbranched alkanes of at least 4 members (excludes halogenated alkanes) is 3. The van der Waals surface area contributed by atoms with Crippen molar-refractivity contribution < 1.29 is 0 Å². The smallest absolute Gasteiger partial charge is 0.110 e. The number of hydrogen-bond donors (Lipinski definition) is 0. The molecule has 0 fully saturated rings. The van der Waals surface area contributed by atoms with E-state index in [1.54, 1.807) is 0 Å². The van der Waals surface area contributed by atoms with Gasteiger partial charge in [-0.05, 0) is 24.1 Å². The molecule has 0 aliphatic heterocycles. The molecule has 0 heterocycles. The van der Waals surface area contributed by atoms with E-state index in [2.05, 4.69) is 12.1 Å². The van der Waals surface area contributed by atoms with Crippen molar-refractivity contribution in [2.45, 2.75) is 45.1 Å². The van der Waals surface area contributed by atoms with Crippen LogP contribution < -0.4 is 0 Å². The zero-order chi connectivity index (χ0) is 13.2. The molecule has 3 heteroatoms. The van der Waals surface area contributed by atoms with Gasteiger partial charge in [-0.15, -0.1) is 0 Å². The summed E-state index contributed by atoms with van der Waals surface area (Å²) in [5.41, 5.74) is 1.04. The summed E-state index contributed by atoms with van der Waals surface area (Å²) < 4.78 is 0. The Bertz CT molecular complexity index is 373. The van der Waals surface area contributed by atoms with Gasteiger partial charge < -0.3 is 0 Å². The van der Waals surface area contributed by atoms with Crippen LogP contribution in [0.2, 0.25) is 5.02 Å². The van der Waals surface area contributed by atoms with Crippen LogP contribution in [0.4, 0.5) is 0 Å². The van der Waals surface area contributed by atoms with Gasteiger partial charge in [0.15, 0.2) is 0 Å². The van der Waals surface area contributed by atoms with Gasteiger partial charge in [-0.1, -0.05) is 73.7 Å². The van der Waals surface area contributed by atoms with E-state index in [1.165, 1.54) is 19.3 Å². The summed E-state index contributed by atoms with van der Waals surface area (Å²) in [4.78, 5) is 10.7. The van der Waals surface area contributed by atoms with Crippen molar-refractivity contribution in [1.82, 2.24) is 0 Å². The second-order valence-corrected chi connectivity index (χ2v) is 4.87. The Morgan fingerprint density at radius 1 is 1.22 bits per heavy atom. The first-order valence-corrected chi connectivity index (χ1v) is 6.90. The average Bonchev–Trinajstić information content (AvgIpc) is 2.40. The molecular formula is C15H20ClNO. The fraction of sp³-hybridized carbons (Fsp3) is 0.467. The third-order valence-corrected chi connectivity index (χ3v) is 3.12. The Labute approximate surface area is 114 Å². The van der Waals surface area contributed by atoms with E-state index in [0.717, 1.165) is 23.4 Å². The van der Waals surface area contributed by atoms with Crippen molar-refractivity contribution in [3.8, 4) is 0 Å². The third kappa shape index (κ3) is 5.97. The number of rotatable bonds is 8. The lowest BCUT2D eigenvalue weighted by molar-refractivity contribution is 0.600. The monoisotopic (exact) mass is 265 g/mol. The normalized spacial score (nSPS) is 12.8. The molecule has 2 nitrogen and oxygen atoms in total. The van der Waals surface area contributed by atoms with E-state index in [4.69, 9.17) is 11.6 Å². The molecule has 0 bridgehead atoms. The van der Waals surface area contributed by atoms with Crippen LogP contribution in [0.3, 0.4) is 0 Å². The highest BCUT2D eigenvalue weighted by Gasteiger charge is 2.03. The van der Waals surface area contributed by atoms with Gasteiger partial charge in [0.25, 0.3) is 0 Å². The van der Waals surface area contributed by atoms with Crippen molar-refractivity contribution in [1.29, 1.82) is 0 Å². The minimum absolute atomic E-state index is 0.211. The van der Waals surface area contributed by atoms with Crippen molar-refractivity contribution in [2.75, 3.05) is 0 Å². The molecule has 1 aromatic carbocycles. The van der Waals surface area contributed by atoms with E-state index < -0.39 is 0 Å². The Hall–Kier alpha value is -1.15. The van der Waals surface area contributed by atoms with Crippen LogP contribution in [-0.4, -0.2) is 6.04 Å². The van der Waals surface area contributed by atoms with Gasteiger partial charge in [0.1, 0.15) is 6.04 Å². The number of hydrogen-bond acceptors (Lipinski definition) is 2. The molecule has 0 saturated carbocycles. The first-order chi connectivity index (χ1) is 8.76. The van der Waals surface area contributed by atoms with Gasteiger partial charge in [0, 0.05) is 5.02 Å². The second-order valence-electron chi connectivity index (χ2n) is 4.43. The molecule has 0 spiro atoms. The molecular weight excluding hydrogens is 246 g/mol. The molecule has 1 rings (SSSR count). The van der Waals surface area contributed by atoms with Crippen LogP contribution in [-0.2, 0) is 0 Å². The Morgan fingerprint density at radius 2 is 1.94 bits per heavy atom. The Morgan fingerprint density at radius 3 is 2.56 bits per heavy atom. The van der Waals surface area contributed by atoms with Gasteiger partial charge in [0.05, 0.1) is 0 Å². The van der Waals surface area contributed by atoms with E-state index in [0.29, 0.717) is 0 Å². The molecule has 0 radical (unpaired) electrons. The second kappa shape index (κ2) is 8.87. The summed E-state index contributed by atoms with van der Waals surface area (Å²) in [6, 6.07) is 7.32. The molecule has 18 heavy (non-hydrogen) atoms. The summed E-state index contributed by atoms with van der Waals surface area (Å²) in [6.45, 7) is 2.18. The van der Waals surface area contributed by atoms with Crippen LogP contribution in [0.25, 0.3) is 6.08 Å². The molecule has 0 saturated heterocycles. The van der Waals surface area contributed by atoms with Crippen LogP contribution in [0.1, 0.15) is 44.6 Å². The maximum atomic E-state index is 10.7. The van der Waals surface area contributed by atoms with Gasteiger partial charge in [-0.25, -0.2) is 0 Å². The van der Waals surface area contributed by atoms with Crippen molar-refractivity contribution in [3.05, 3.63) is 45.8 Å². The van der Waals surface area contributed by atoms with E-state index in [1.807, 2.05) is 36.4 Å². The van der Waals surface area contributed by atoms with Gasteiger partial charge >= 0.3 is 0 Å². The minimum Gasteiger partial charge on any atom is -0.150 e. The molecule has 0 amide bonds. The number of halogens is 1. The first kappa shape index (κ1) is 14.9. The maximum absolute atomic E-state index is 10.7. The quantitative estimate of drug-likeness (QED) is 0.453. The topological polar surface area (TPSA) is 29.4 Å². The SMILES string of the molecule is CCCCCCC(C=Cc1ccc(Cl)cc1)N=O. The molecule has 1 unspecified atom stereocenters. The van der Waals surface area contributed by atoms with Gasteiger partial charge in [-0.3, -0.25) is 0 Å². The fourth-order valence-corrected chi connectivity index (χ4v) is 1.89. The lowest BCUT2D eigenvalue weighted by atomic mass is 10.1. The lowest BCUT2D eigenvalue weighted by Gasteiger charge is -2.03. The average molecular weight is 266 g/mol. The predicted octanol–water partition coefficient (Wildman–Crippen LogP) is 5.46. The summed E-state index contributed by atoms with van der Waals surface area (Å²) in [5, 5.41) is 3.87. The van der Waals surface area contributed by atoms with Gasteiger partial charge in [0.2, 0.25) is 0 Å². The number of benzene rings is 1. The summed E-state index contributed by atoms with van der Waals surface area (Å²) in [6.07, 6.45) is 9.33. The molecule has 0 N–H and O–H groups in total. The van der Waals surface area contributed by atoms with E-state index >= 15 is 0 Å². The molecule has 0 aromatic heterocycles. The molecule has 1 atom stereocenters. The largest absolute Gasteiger partial charge is 0.150 e. The standard InChI is InChI=1S/C15H20ClNO/c1-2-3-4-5-6-15(17-18)12-9-13-7-10-14(16)11-8-13/h7-12,15H,2-6H2,1H3. The van der Waals surface area contributed by atoms with Crippen LogP contribution >= 0.6 is 11.6 Å². The molecule has 0 aliphatic carbocycles. The number of nitrogens with zero attached hydrogens (tertiary/aromatic N) is 1. The highest BCUT2D eigenvalue weighted by Crippen LogP contribution is 2.13. The zero-order valence-electron chi connectivity index (χ0n) is 10.8. The van der Waals surface area contributed by atoms with Crippen LogP contribution in [0, 0.1) is 4.91 Å². The van der Waals surface area contributed by atoms with Crippen LogP contribution in [0.15, 0.2) is 35.5 Å². The Balaban J connectivity index is 2.41. The summed E-state index contributed by atoms with van der Waals surface area (Å²) >= 11 is 5.81. The predicted molar refractivity (Wildman–Crippen MR) is 78.8 cm³/mol. The van der Waals surface area contributed by atoms with Crippen molar-refractivity contribution in [2.24, 2.45) is 5.18 Å². The summed E-state index contributed by atoms with van der Waals surface area (Å²) in [5.74, 6) is 0. The third-order valence-electron chi connectivity index (χ3n) is 2.87. The van der Waals surface area contributed by atoms with Gasteiger partial charge in [-0.2, -0.15) is 4.91 Å². The van der Waals surface area contributed by atoms with E-state index in [-0.39, 0.29) is 6.04 Å². The highest BCUT2D eigenvalue weighted by atomic mass is 35.5. The van der Waals surface area contributed by atoms with Crippen LogP contribution in [0.5, 0.6) is 0 Å². The molecule has 98 valence electrons. The van der Waals surface area contributed by atoms with Crippen molar-refractivity contribution in [3.63, 3.8) is 0 Å². The number of nitroso groups, excluding NO2 is 1. The Kier molecular flexibility index (Phi) is 7.35. The first-order valence-electron chi connectivity index (χ1n) is 6.52. The maximum Gasteiger partial charge on any atom is 0.110 e. The highest BCUT2D eigenvalue weighted by molar-refractivity contribution is 6.30. The van der Waals surface area contributed by atoms with Crippen molar-refractivity contribution >= 4 is 17.7 Å². The van der Waals surface area contributed by atoms with E-state index in [9.17, 15) is 4.91 Å².